The molecule has 0 rings (SSSR count). The maximum Gasteiger partial charge on any atom is 0.305 e. The Morgan fingerprint density at radius 1 is 0.667 bits per heavy atom. The molecule has 0 radical (unpaired) electrons. The SMILES string of the molecule is CCCCCCCCCC(=O)OCCCCCCCCCC(=O)O. The summed E-state index contributed by atoms with van der Waals surface area (Å²) in [4.78, 5) is 21.9. The van der Waals surface area contributed by atoms with Crippen molar-refractivity contribution in [2.75, 3.05) is 6.61 Å². The Hall–Kier alpha value is -1.06. The molecule has 0 bridgehead atoms. The van der Waals surface area contributed by atoms with Gasteiger partial charge in [-0.3, -0.25) is 9.59 Å². The second-order valence-electron chi connectivity index (χ2n) is 6.71. The number of carboxylic acid groups (broad SMARTS) is 1. The van der Waals surface area contributed by atoms with Gasteiger partial charge in [0.2, 0.25) is 0 Å². The summed E-state index contributed by atoms with van der Waals surface area (Å²) in [6.07, 6.45) is 16.6. The lowest BCUT2D eigenvalue weighted by Crippen LogP contribution is -2.05. The van der Waals surface area contributed by atoms with Crippen molar-refractivity contribution in [1.29, 1.82) is 0 Å². The van der Waals surface area contributed by atoms with Crippen LogP contribution < -0.4 is 0 Å². The fraction of sp³-hybridized carbons (Fsp3) is 0.900. The lowest BCUT2D eigenvalue weighted by molar-refractivity contribution is -0.144. The van der Waals surface area contributed by atoms with Gasteiger partial charge < -0.3 is 9.84 Å². The monoisotopic (exact) mass is 342 g/mol. The second-order valence-corrected chi connectivity index (χ2v) is 6.71. The van der Waals surface area contributed by atoms with Gasteiger partial charge in [-0.1, -0.05) is 77.6 Å². The van der Waals surface area contributed by atoms with E-state index in [0.29, 0.717) is 13.0 Å². The van der Waals surface area contributed by atoms with Gasteiger partial charge in [-0.15, -0.1) is 0 Å². The predicted molar refractivity (Wildman–Crippen MR) is 98.1 cm³/mol. The maximum absolute atomic E-state index is 11.6. The Balaban J connectivity index is 3.16. The summed E-state index contributed by atoms with van der Waals surface area (Å²) in [6, 6.07) is 0. The molecule has 0 heterocycles. The fourth-order valence-electron chi connectivity index (χ4n) is 2.75. The molecule has 0 aliphatic carbocycles. The predicted octanol–water partition coefficient (Wildman–Crippen LogP) is 5.88. The van der Waals surface area contributed by atoms with Crippen LogP contribution in [0.1, 0.15) is 110 Å². The third-order valence-corrected chi connectivity index (χ3v) is 4.28. The molecule has 0 aromatic heterocycles. The minimum Gasteiger partial charge on any atom is -0.481 e. The Morgan fingerprint density at radius 2 is 1.12 bits per heavy atom. The summed E-state index contributed by atoms with van der Waals surface area (Å²) in [5, 5.41) is 8.53. The highest BCUT2D eigenvalue weighted by Crippen LogP contribution is 2.10. The molecule has 1 N–H and O–H groups in total. The molecule has 4 heteroatoms. The van der Waals surface area contributed by atoms with Gasteiger partial charge in [-0.2, -0.15) is 0 Å². The van der Waals surface area contributed by atoms with Crippen LogP contribution in [0.3, 0.4) is 0 Å². The molecule has 0 atom stereocenters. The summed E-state index contributed by atoms with van der Waals surface area (Å²) in [5.41, 5.74) is 0. The molecular weight excluding hydrogens is 304 g/mol. The number of aliphatic carboxylic acids is 1. The van der Waals surface area contributed by atoms with Crippen LogP contribution in [0.5, 0.6) is 0 Å². The van der Waals surface area contributed by atoms with E-state index in [0.717, 1.165) is 57.8 Å². The maximum atomic E-state index is 11.6. The minimum atomic E-state index is -0.701. The summed E-state index contributed by atoms with van der Waals surface area (Å²) in [6.45, 7) is 2.77. The van der Waals surface area contributed by atoms with Crippen molar-refractivity contribution in [1.82, 2.24) is 0 Å². The average molecular weight is 343 g/mol. The van der Waals surface area contributed by atoms with E-state index in [4.69, 9.17) is 9.84 Å². The van der Waals surface area contributed by atoms with Gasteiger partial charge in [-0.05, 0) is 19.3 Å². The number of esters is 1. The number of hydrogen-bond donors (Lipinski definition) is 1. The highest BCUT2D eigenvalue weighted by Gasteiger charge is 2.02. The number of carbonyl (C=O) groups excluding carboxylic acids is 1. The van der Waals surface area contributed by atoms with Crippen LogP contribution in [-0.2, 0) is 14.3 Å². The molecule has 24 heavy (non-hydrogen) atoms. The standard InChI is InChI=1S/C20H38O4/c1-2-3-4-5-7-11-14-17-20(23)24-18-15-12-9-6-8-10-13-16-19(21)22/h2-18H2,1H3,(H,21,22). The molecule has 0 spiro atoms. The van der Waals surface area contributed by atoms with Crippen molar-refractivity contribution in [2.24, 2.45) is 0 Å². The number of unbranched alkanes of at least 4 members (excludes halogenated alkanes) is 12. The van der Waals surface area contributed by atoms with E-state index in [1.54, 1.807) is 0 Å². The molecule has 142 valence electrons. The van der Waals surface area contributed by atoms with Crippen molar-refractivity contribution >= 4 is 11.9 Å². The van der Waals surface area contributed by atoms with Crippen molar-refractivity contribution in [2.45, 2.75) is 110 Å². The molecule has 0 fully saturated rings. The van der Waals surface area contributed by atoms with Gasteiger partial charge in [0.1, 0.15) is 0 Å². The minimum absolute atomic E-state index is 0.0442. The molecule has 0 saturated heterocycles. The molecular formula is C20H38O4. The quantitative estimate of drug-likeness (QED) is 0.250. The van der Waals surface area contributed by atoms with E-state index < -0.39 is 5.97 Å². The largest absolute Gasteiger partial charge is 0.481 e. The molecule has 0 aromatic carbocycles. The molecule has 0 aromatic rings. The van der Waals surface area contributed by atoms with Gasteiger partial charge >= 0.3 is 11.9 Å². The number of rotatable bonds is 18. The Kier molecular flexibility index (Phi) is 17.5. The number of carbonyl (C=O) groups is 2. The zero-order valence-corrected chi connectivity index (χ0v) is 15.7. The van der Waals surface area contributed by atoms with Crippen LogP contribution in [0.15, 0.2) is 0 Å². The van der Waals surface area contributed by atoms with E-state index in [1.165, 1.54) is 32.1 Å². The highest BCUT2D eigenvalue weighted by atomic mass is 16.5. The van der Waals surface area contributed by atoms with E-state index in [2.05, 4.69) is 6.92 Å². The summed E-state index contributed by atoms with van der Waals surface area (Å²) in [7, 11) is 0. The van der Waals surface area contributed by atoms with Gasteiger partial charge in [0.25, 0.3) is 0 Å². The summed E-state index contributed by atoms with van der Waals surface area (Å²) >= 11 is 0. The molecule has 0 aliphatic heterocycles. The summed E-state index contributed by atoms with van der Waals surface area (Å²) < 4.78 is 5.25. The molecule has 0 saturated carbocycles. The third kappa shape index (κ3) is 19.0. The normalized spacial score (nSPS) is 10.7. The molecule has 4 nitrogen and oxygen atoms in total. The fourth-order valence-corrected chi connectivity index (χ4v) is 2.75. The number of hydrogen-bond acceptors (Lipinski definition) is 3. The highest BCUT2D eigenvalue weighted by molar-refractivity contribution is 5.69. The van der Waals surface area contributed by atoms with Crippen molar-refractivity contribution in [3.63, 3.8) is 0 Å². The van der Waals surface area contributed by atoms with Crippen molar-refractivity contribution in [3.05, 3.63) is 0 Å². The van der Waals surface area contributed by atoms with Gasteiger partial charge in [0, 0.05) is 12.8 Å². The number of ether oxygens (including phenoxy) is 1. The zero-order chi connectivity index (χ0) is 17.9. The van der Waals surface area contributed by atoms with E-state index in [-0.39, 0.29) is 12.4 Å². The molecule has 0 aliphatic rings. The first-order valence-electron chi connectivity index (χ1n) is 10.0. The third-order valence-electron chi connectivity index (χ3n) is 4.28. The Bertz CT molecular complexity index is 302. The van der Waals surface area contributed by atoms with Crippen LogP contribution in [0.4, 0.5) is 0 Å². The lowest BCUT2D eigenvalue weighted by Gasteiger charge is -2.05. The first-order valence-corrected chi connectivity index (χ1v) is 10.0. The van der Waals surface area contributed by atoms with Crippen LogP contribution in [0.2, 0.25) is 0 Å². The van der Waals surface area contributed by atoms with E-state index in [1.807, 2.05) is 0 Å². The van der Waals surface area contributed by atoms with E-state index in [9.17, 15) is 9.59 Å². The van der Waals surface area contributed by atoms with Crippen LogP contribution in [0, 0.1) is 0 Å². The van der Waals surface area contributed by atoms with Crippen LogP contribution in [-0.4, -0.2) is 23.7 Å². The van der Waals surface area contributed by atoms with Crippen LogP contribution in [0.25, 0.3) is 0 Å². The summed E-state index contributed by atoms with van der Waals surface area (Å²) in [5.74, 6) is -0.745. The number of carboxylic acids is 1. The zero-order valence-electron chi connectivity index (χ0n) is 15.7. The smallest absolute Gasteiger partial charge is 0.305 e. The topological polar surface area (TPSA) is 63.6 Å². The molecule has 0 amide bonds. The van der Waals surface area contributed by atoms with Gasteiger partial charge in [-0.25, -0.2) is 0 Å². The van der Waals surface area contributed by atoms with Gasteiger partial charge in [0.15, 0.2) is 0 Å². The Labute approximate surface area is 148 Å². The Morgan fingerprint density at radius 3 is 1.67 bits per heavy atom. The average Bonchev–Trinajstić information content (AvgIpc) is 2.55. The van der Waals surface area contributed by atoms with Crippen molar-refractivity contribution in [3.8, 4) is 0 Å². The lowest BCUT2D eigenvalue weighted by atomic mass is 10.1. The first-order chi connectivity index (χ1) is 11.7. The molecule has 0 unspecified atom stereocenters. The van der Waals surface area contributed by atoms with E-state index >= 15 is 0 Å². The second kappa shape index (κ2) is 18.3. The first kappa shape index (κ1) is 22.9. The van der Waals surface area contributed by atoms with Crippen LogP contribution >= 0.6 is 0 Å². The van der Waals surface area contributed by atoms with Gasteiger partial charge in [0.05, 0.1) is 6.61 Å². The van der Waals surface area contributed by atoms with Crippen molar-refractivity contribution < 1.29 is 19.4 Å².